The van der Waals surface area contributed by atoms with Gasteiger partial charge in [-0.1, -0.05) is 55.6 Å². The van der Waals surface area contributed by atoms with Crippen molar-refractivity contribution in [1.82, 2.24) is 0 Å². The molecule has 0 aliphatic rings. The average Bonchev–Trinajstić information content (AvgIpc) is 2.23. The number of aliphatic hydroxyl groups excluding tert-OH is 1. The summed E-state index contributed by atoms with van der Waals surface area (Å²) in [7, 11) is -1.79. The molecule has 0 aromatic heterocycles. The lowest BCUT2D eigenvalue weighted by molar-refractivity contribution is 0.146. The number of alkyl halides is 3. The molecule has 0 heterocycles. The topological polar surface area (TPSA) is 29.5 Å². The van der Waals surface area contributed by atoms with Gasteiger partial charge in [0.1, 0.15) is 0 Å². The molecule has 0 radical (unpaired) electrons. The summed E-state index contributed by atoms with van der Waals surface area (Å²) >= 11 is 17.6. The Morgan fingerprint density at radius 1 is 1.12 bits per heavy atom. The van der Waals surface area contributed by atoms with E-state index in [4.69, 9.17) is 44.3 Å². The van der Waals surface area contributed by atoms with Crippen molar-refractivity contribution in [3.8, 4) is 0 Å². The van der Waals surface area contributed by atoms with E-state index in [-0.39, 0.29) is 6.61 Å². The van der Waals surface area contributed by atoms with Gasteiger partial charge in [0.15, 0.2) is 8.32 Å². The van der Waals surface area contributed by atoms with E-state index in [2.05, 4.69) is 20.8 Å². The van der Waals surface area contributed by atoms with Crippen LogP contribution in [0.4, 0.5) is 0 Å². The molecule has 0 rings (SSSR count). The van der Waals surface area contributed by atoms with Crippen LogP contribution in [0.15, 0.2) is 0 Å². The number of aliphatic hydroxyl groups is 1. The van der Waals surface area contributed by atoms with Crippen molar-refractivity contribution in [2.45, 2.75) is 55.2 Å². The molecule has 0 saturated heterocycles. The van der Waals surface area contributed by atoms with Gasteiger partial charge < -0.3 is 9.53 Å². The smallest absolute Gasteiger partial charge is 0.215 e. The minimum absolute atomic E-state index is 0.0276. The Morgan fingerprint density at radius 2 is 1.56 bits per heavy atom. The van der Waals surface area contributed by atoms with Crippen molar-refractivity contribution in [3.05, 3.63) is 0 Å². The van der Waals surface area contributed by atoms with Crippen LogP contribution in [0.3, 0.4) is 0 Å². The van der Waals surface area contributed by atoms with Crippen molar-refractivity contribution in [2.75, 3.05) is 6.61 Å². The second-order valence-electron chi connectivity index (χ2n) is 3.90. The highest BCUT2D eigenvalue weighted by atomic mass is 35.6. The van der Waals surface area contributed by atoms with Crippen molar-refractivity contribution in [3.63, 3.8) is 0 Å². The van der Waals surface area contributed by atoms with Crippen LogP contribution in [0.25, 0.3) is 0 Å². The second kappa shape index (κ2) is 7.44. The summed E-state index contributed by atoms with van der Waals surface area (Å²) in [6, 6.07) is 3.01. The molecule has 98 valence electrons. The summed E-state index contributed by atoms with van der Waals surface area (Å²) in [5.74, 6) is 0. The third kappa shape index (κ3) is 5.11. The van der Waals surface area contributed by atoms with E-state index in [1.807, 2.05) is 0 Å². The minimum Gasteiger partial charge on any atom is -0.409 e. The van der Waals surface area contributed by atoms with Crippen molar-refractivity contribution < 1.29 is 9.53 Å². The van der Waals surface area contributed by atoms with Gasteiger partial charge in [-0.05, 0) is 24.6 Å². The lowest BCUT2D eigenvalue weighted by atomic mass is 10.3. The van der Waals surface area contributed by atoms with Crippen molar-refractivity contribution in [1.29, 1.82) is 0 Å². The minimum atomic E-state index is -1.79. The molecule has 6 heteroatoms. The van der Waals surface area contributed by atoms with E-state index in [9.17, 15) is 0 Å². The van der Waals surface area contributed by atoms with E-state index in [0.717, 1.165) is 18.1 Å². The summed E-state index contributed by atoms with van der Waals surface area (Å²) < 4.78 is 4.62. The quantitative estimate of drug-likeness (QED) is 0.566. The van der Waals surface area contributed by atoms with Gasteiger partial charge in [0.05, 0.1) is 6.10 Å². The van der Waals surface area contributed by atoms with Crippen LogP contribution >= 0.6 is 34.8 Å². The maximum absolute atomic E-state index is 8.97. The van der Waals surface area contributed by atoms with Gasteiger partial charge in [-0.3, -0.25) is 0 Å². The van der Waals surface area contributed by atoms with Gasteiger partial charge in [0.2, 0.25) is 3.79 Å². The normalized spacial score (nSPS) is 15.2. The Kier molecular flexibility index (Phi) is 7.91. The SMILES string of the molecule is CC[Si](CC)(CC)O[C@H](CCO)C(Cl)(Cl)Cl. The molecule has 0 spiro atoms. The number of halogens is 3. The summed E-state index contributed by atoms with van der Waals surface area (Å²) in [6.07, 6.45) is -0.139. The molecule has 0 bridgehead atoms. The maximum atomic E-state index is 8.97. The van der Waals surface area contributed by atoms with Crippen LogP contribution in [0.1, 0.15) is 27.2 Å². The zero-order valence-electron chi connectivity index (χ0n) is 10.1. The summed E-state index contributed by atoms with van der Waals surface area (Å²) in [4.78, 5) is 0. The zero-order chi connectivity index (χ0) is 12.8. The van der Waals surface area contributed by atoms with Crippen molar-refractivity contribution in [2.24, 2.45) is 0 Å². The van der Waals surface area contributed by atoms with Crippen LogP contribution in [-0.2, 0) is 4.43 Å². The van der Waals surface area contributed by atoms with Gasteiger partial charge in [-0.15, -0.1) is 0 Å². The summed E-state index contributed by atoms with van der Waals surface area (Å²) in [6.45, 7) is 6.33. The molecule has 2 nitrogen and oxygen atoms in total. The molecule has 0 aliphatic heterocycles. The first kappa shape index (κ1) is 17.0. The van der Waals surface area contributed by atoms with E-state index in [0.29, 0.717) is 6.42 Å². The van der Waals surface area contributed by atoms with E-state index >= 15 is 0 Å². The third-order valence-electron chi connectivity index (χ3n) is 3.08. The van der Waals surface area contributed by atoms with Gasteiger partial charge in [0, 0.05) is 6.61 Å². The molecule has 0 aliphatic carbocycles. The van der Waals surface area contributed by atoms with Gasteiger partial charge in [-0.2, -0.15) is 0 Å². The first-order chi connectivity index (χ1) is 7.35. The van der Waals surface area contributed by atoms with Gasteiger partial charge in [0.25, 0.3) is 0 Å². The summed E-state index contributed by atoms with van der Waals surface area (Å²) in [5.41, 5.74) is 0. The third-order valence-corrected chi connectivity index (χ3v) is 8.46. The highest BCUT2D eigenvalue weighted by Crippen LogP contribution is 2.37. The summed E-state index contributed by atoms with van der Waals surface area (Å²) in [5, 5.41) is 8.97. The van der Waals surface area contributed by atoms with E-state index in [1.54, 1.807) is 0 Å². The molecule has 1 atom stereocenters. The first-order valence-corrected chi connectivity index (χ1v) is 9.37. The fourth-order valence-electron chi connectivity index (χ4n) is 1.71. The molecule has 0 amide bonds. The fourth-order valence-corrected chi connectivity index (χ4v) is 5.29. The predicted molar refractivity (Wildman–Crippen MR) is 74.1 cm³/mol. The number of hydrogen-bond acceptors (Lipinski definition) is 2. The molecule has 0 fully saturated rings. The van der Waals surface area contributed by atoms with Crippen LogP contribution in [-0.4, -0.2) is 29.9 Å². The molecular formula is C10H21Cl3O2Si. The highest BCUT2D eigenvalue weighted by Gasteiger charge is 2.40. The number of hydrogen-bond donors (Lipinski definition) is 1. The predicted octanol–water partition coefficient (Wildman–Crippen LogP) is 4.13. The standard InChI is InChI=1S/C10H21Cl3O2Si/c1-4-16(5-2,6-3)15-9(7-8-14)10(11,12)13/h9,14H,4-8H2,1-3H3/t9-/m1/s1. The molecule has 1 N–H and O–H groups in total. The second-order valence-corrected chi connectivity index (χ2v) is 11.0. The highest BCUT2D eigenvalue weighted by molar-refractivity contribution is 6.74. The Balaban J connectivity index is 4.70. The molecule has 16 heavy (non-hydrogen) atoms. The fraction of sp³-hybridized carbons (Fsp3) is 1.00. The lowest BCUT2D eigenvalue weighted by Gasteiger charge is -2.36. The van der Waals surface area contributed by atoms with Crippen LogP contribution in [0.5, 0.6) is 0 Å². The Labute approximate surface area is 114 Å². The van der Waals surface area contributed by atoms with Crippen molar-refractivity contribution >= 4 is 43.1 Å². The Bertz CT molecular complexity index is 185. The van der Waals surface area contributed by atoms with Crippen LogP contribution in [0, 0.1) is 0 Å². The molecular weight excluding hydrogens is 287 g/mol. The Morgan fingerprint density at radius 3 is 1.81 bits per heavy atom. The maximum Gasteiger partial charge on any atom is 0.215 e. The molecule has 0 saturated carbocycles. The largest absolute Gasteiger partial charge is 0.409 e. The zero-order valence-corrected chi connectivity index (χ0v) is 13.4. The number of rotatable bonds is 7. The molecule has 0 aromatic rings. The van der Waals surface area contributed by atoms with Gasteiger partial charge in [-0.25, -0.2) is 0 Å². The average molecular weight is 308 g/mol. The molecule has 0 unspecified atom stereocenters. The van der Waals surface area contributed by atoms with Gasteiger partial charge >= 0.3 is 0 Å². The van der Waals surface area contributed by atoms with E-state index in [1.165, 1.54) is 0 Å². The van der Waals surface area contributed by atoms with Crippen LogP contribution < -0.4 is 0 Å². The monoisotopic (exact) mass is 306 g/mol. The molecule has 0 aromatic carbocycles. The van der Waals surface area contributed by atoms with E-state index < -0.39 is 18.2 Å². The lowest BCUT2D eigenvalue weighted by Crippen LogP contribution is -2.44. The first-order valence-electron chi connectivity index (χ1n) is 5.70. The van der Waals surface area contributed by atoms with Crippen LogP contribution in [0.2, 0.25) is 18.1 Å². The Hall–Kier alpha value is 1.01.